The molecule has 294 valence electrons. The molecule has 0 aliphatic rings. The van der Waals surface area contributed by atoms with Gasteiger partial charge in [-0.05, 0) is 89.9 Å². The van der Waals surface area contributed by atoms with E-state index in [9.17, 15) is 14.2 Å². The van der Waals surface area contributed by atoms with Crippen molar-refractivity contribution in [3.63, 3.8) is 0 Å². The summed E-state index contributed by atoms with van der Waals surface area (Å²) in [5.74, 6) is -1.04. The Hall–Kier alpha value is -3.03. The monoisotopic (exact) mass is 744 g/mol. The number of unbranched alkanes of at least 4 members (excludes halogenated alkanes) is 8. The van der Waals surface area contributed by atoms with Crippen LogP contribution in [0.4, 0.5) is 0 Å². The van der Waals surface area contributed by atoms with Crippen molar-refractivity contribution < 1.29 is 37.9 Å². The smallest absolute Gasteiger partial charge is 0.462 e. The first-order valence-electron chi connectivity index (χ1n) is 19.5. The van der Waals surface area contributed by atoms with Gasteiger partial charge in [-0.15, -0.1) is 0 Å². The number of phosphoric ester groups is 1. The minimum Gasteiger partial charge on any atom is -0.462 e. The number of carbonyl (C=O) groups is 2. The Balaban J connectivity index is 4.19. The molecule has 0 spiro atoms. The number of esters is 2. The Kier molecular flexibility index (Phi) is 35.5. The van der Waals surface area contributed by atoms with Crippen LogP contribution in [0.2, 0.25) is 0 Å². The third kappa shape index (κ3) is 39.8. The molecule has 0 aromatic rings. The fourth-order valence-electron chi connectivity index (χ4n) is 4.65. The van der Waals surface area contributed by atoms with Crippen LogP contribution in [-0.2, 0) is 28.2 Å². The molecule has 0 bridgehead atoms. The fraction of sp³-hybridized carbons (Fsp3) is 0.581. The van der Waals surface area contributed by atoms with Gasteiger partial charge in [0.1, 0.15) is 6.61 Å². The van der Waals surface area contributed by atoms with Gasteiger partial charge in [0.2, 0.25) is 0 Å². The number of carbonyl (C=O) groups excluding carboxylic acids is 2. The van der Waals surface area contributed by atoms with Crippen molar-refractivity contribution in [2.24, 2.45) is 0 Å². The Labute approximate surface area is 315 Å². The molecule has 0 amide bonds. The van der Waals surface area contributed by atoms with Crippen LogP contribution in [0, 0.1) is 0 Å². The lowest BCUT2D eigenvalue weighted by Gasteiger charge is -2.18. The number of allylic oxidation sites excluding steroid dienone is 16. The maximum atomic E-state index is 12.3. The third-order valence-corrected chi connectivity index (χ3v) is 8.07. The zero-order valence-electron chi connectivity index (χ0n) is 32.2. The average molecular weight is 745 g/mol. The van der Waals surface area contributed by atoms with Gasteiger partial charge in [-0.25, -0.2) is 4.57 Å². The lowest BCUT2D eigenvalue weighted by Crippen LogP contribution is -2.29. The van der Waals surface area contributed by atoms with Crippen LogP contribution in [0.25, 0.3) is 0 Å². The topological polar surface area (TPSA) is 119 Å². The van der Waals surface area contributed by atoms with Crippen LogP contribution in [-0.4, -0.2) is 41.0 Å². The first-order valence-corrected chi connectivity index (χ1v) is 21.1. The molecule has 0 aliphatic carbocycles. The van der Waals surface area contributed by atoms with Gasteiger partial charge in [-0.3, -0.25) is 14.1 Å². The highest BCUT2D eigenvalue weighted by atomic mass is 31.2. The van der Waals surface area contributed by atoms with Crippen molar-refractivity contribution in [3.05, 3.63) is 97.2 Å². The van der Waals surface area contributed by atoms with Gasteiger partial charge in [0.25, 0.3) is 0 Å². The molecule has 0 aliphatic heterocycles. The molecular formula is C43H69O8P. The van der Waals surface area contributed by atoms with Gasteiger partial charge in [0, 0.05) is 12.8 Å². The summed E-state index contributed by atoms with van der Waals surface area (Å²) in [5, 5.41) is 0. The summed E-state index contributed by atoms with van der Waals surface area (Å²) in [6.45, 7) is 3.51. The molecule has 0 rings (SSSR count). The maximum absolute atomic E-state index is 12.3. The summed E-state index contributed by atoms with van der Waals surface area (Å²) in [4.78, 5) is 42.7. The molecule has 0 fully saturated rings. The van der Waals surface area contributed by atoms with Crippen LogP contribution in [0.15, 0.2) is 97.2 Å². The molecular weight excluding hydrogens is 675 g/mol. The van der Waals surface area contributed by atoms with Gasteiger partial charge < -0.3 is 19.3 Å². The molecule has 0 saturated heterocycles. The summed E-state index contributed by atoms with van der Waals surface area (Å²) in [6.07, 6.45) is 51.4. The predicted octanol–water partition coefficient (Wildman–Crippen LogP) is 11.8. The van der Waals surface area contributed by atoms with Gasteiger partial charge in [0.15, 0.2) is 6.10 Å². The second-order valence-electron chi connectivity index (χ2n) is 12.5. The van der Waals surface area contributed by atoms with Gasteiger partial charge in [0.05, 0.1) is 6.61 Å². The van der Waals surface area contributed by atoms with Crippen molar-refractivity contribution in [1.82, 2.24) is 0 Å². The Morgan fingerprint density at radius 2 is 0.885 bits per heavy atom. The van der Waals surface area contributed by atoms with E-state index in [2.05, 4.69) is 103 Å². The maximum Gasteiger partial charge on any atom is 0.469 e. The van der Waals surface area contributed by atoms with Crippen LogP contribution in [0.1, 0.15) is 142 Å². The van der Waals surface area contributed by atoms with E-state index >= 15 is 0 Å². The van der Waals surface area contributed by atoms with Gasteiger partial charge in [-0.1, -0.05) is 137 Å². The largest absolute Gasteiger partial charge is 0.469 e. The second-order valence-corrected chi connectivity index (χ2v) is 13.8. The van der Waals surface area contributed by atoms with E-state index in [0.717, 1.165) is 57.8 Å². The first-order chi connectivity index (χ1) is 25.3. The van der Waals surface area contributed by atoms with E-state index in [0.29, 0.717) is 12.8 Å². The minimum absolute atomic E-state index is 0.0744. The minimum atomic E-state index is -4.79. The van der Waals surface area contributed by atoms with E-state index in [1.54, 1.807) is 0 Å². The second kappa shape index (κ2) is 37.7. The molecule has 0 aromatic carbocycles. The summed E-state index contributed by atoms with van der Waals surface area (Å²) < 4.78 is 26.2. The number of rotatable bonds is 34. The lowest BCUT2D eigenvalue weighted by molar-refractivity contribution is -0.161. The molecule has 0 heterocycles. The molecule has 0 radical (unpaired) electrons. The molecule has 52 heavy (non-hydrogen) atoms. The van der Waals surface area contributed by atoms with E-state index in [1.807, 2.05) is 12.2 Å². The summed E-state index contributed by atoms with van der Waals surface area (Å²) in [6, 6.07) is 0. The molecule has 0 saturated carbocycles. The van der Waals surface area contributed by atoms with E-state index < -0.39 is 32.5 Å². The Morgan fingerprint density at radius 1 is 0.500 bits per heavy atom. The molecule has 0 unspecified atom stereocenters. The SMILES string of the molecule is CCCCC/C=C\C/C=C\C/C=C\C/C=C\C/C=C\CCC(=O)O[C@H](COC(=O)CCCC/C=C\C/C=C\C/C=C\CCCCC)COP(=O)(O)O. The van der Waals surface area contributed by atoms with Crippen molar-refractivity contribution in [1.29, 1.82) is 0 Å². The highest BCUT2D eigenvalue weighted by Crippen LogP contribution is 2.35. The standard InChI is InChI=1S/C43H69O8P/c1-3-5-7-9-11-13-15-17-19-20-21-22-24-26-28-30-32-34-36-38-43(45)51-41(40-50-52(46,47)48)39-49-42(44)37-35-33-31-29-27-25-23-18-16-14-12-10-8-6-4-2/h11-14,17-19,21-23,26-29,32,34,41H,3-10,15-16,20,24-25,30-31,33,35-40H2,1-2H3,(H2,46,47,48)/b13-11-,14-12-,19-17-,22-21-,23-18-,28-26-,29-27-,34-32-/t41-/m1/s1. The first kappa shape index (κ1) is 49.0. The number of phosphoric acid groups is 1. The summed E-state index contributed by atoms with van der Waals surface area (Å²) >= 11 is 0. The van der Waals surface area contributed by atoms with Gasteiger partial charge >= 0.3 is 19.8 Å². The zero-order chi connectivity index (χ0) is 38.2. The van der Waals surface area contributed by atoms with Crippen molar-refractivity contribution in [2.75, 3.05) is 13.2 Å². The lowest BCUT2D eigenvalue weighted by atomic mass is 10.1. The Morgan fingerprint density at radius 3 is 1.29 bits per heavy atom. The quantitative estimate of drug-likeness (QED) is 0.0289. The predicted molar refractivity (Wildman–Crippen MR) is 216 cm³/mol. The normalized spacial score (nSPS) is 13.5. The number of ether oxygens (including phenoxy) is 2. The van der Waals surface area contributed by atoms with E-state index in [-0.39, 0.29) is 19.4 Å². The molecule has 0 aromatic heterocycles. The van der Waals surface area contributed by atoms with Crippen LogP contribution >= 0.6 is 7.82 Å². The van der Waals surface area contributed by atoms with E-state index in [1.165, 1.54) is 44.9 Å². The summed E-state index contributed by atoms with van der Waals surface area (Å²) in [5.41, 5.74) is 0. The summed E-state index contributed by atoms with van der Waals surface area (Å²) in [7, 11) is -4.79. The van der Waals surface area contributed by atoms with Crippen LogP contribution in [0.3, 0.4) is 0 Å². The highest BCUT2D eigenvalue weighted by molar-refractivity contribution is 7.46. The Bertz CT molecular complexity index is 1160. The van der Waals surface area contributed by atoms with E-state index in [4.69, 9.17) is 19.3 Å². The molecule has 8 nitrogen and oxygen atoms in total. The van der Waals surface area contributed by atoms with Gasteiger partial charge in [-0.2, -0.15) is 0 Å². The third-order valence-electron chi connectivity index (χ3n) is 7.59. The molecule has 1 atom stereocenters. The van der Waals surface area contributed by atoms with Crippen molar-refractivity contribution in [3.8, 4) is 0 Å². The average Bonchev–Trinajstić information content (AvgIpc) is 3.11. The van der Waals surface area contributed by atoms with Crippen LogP contribution < -0.4 is 0 Å². The fourth-order valence-corrected chi connectivity index (χ4v) is 5.01. The van der Waals surface area contributed by atoms with Crippen LogP contribution in [0.5, 0.6) is 0 Å². The van der Waals surface area contributed by atoms with Crippen molar-refractivity contribution in [2.45, 2.75) is 148 Å². The number of hydrogen-bond donors (Lipinski definition) is 2. The zero-order valence-corrected chi connectivity index (χ0v) is 33.1. The molecule has 9 heteroatoms. The number of hydrogen-bond acceptors (Lipinski definition) is 6. The van der Waals surface area contributed by atoms with Crippen molar-refractivity contribution >= 4 is 19.8 Å². The highest BCUT2D eigenvalue weighted by Gasteiger charge is 2.22. The molecule has 2 N–H and O–H groups in total.